The molecule has 0 saturated carbocycles. The smallest absolute Gasteiger partial charge is 0.217 e. The maximum absolute atomic E-state index is 11.5. The molecule has 4 heteroatoms. The van der Waals surface area contributed by atoms with Gasteiger partial charge in [-0.3, -0.25) is 9.59 Å². The molecule has 1 unspecified atom stereocenters. The summed E-state index contributed by atoms with van der Waals surface area (Å²) in [5.74, 6) is -0.154. The van der Waals surface area contributed by atoms with Gasteiger partial charge >= 0.3 is 0 Å². The van der Waals surface area contributed by atoms with E-state index in [2.05, 4.69) is 5.32 Å². The van der Waals surface area contributed by atoms with Gasteiger partial charge in [-0.15, -0.1) is 0 Å². The van der Waals surface area contributed by atoms with Gasteiger partial charge in [0.2, 0.25) is 5.91 Å². The van der Waals surface area contributed by atoms with Crippen molar-refractivity contribution in [1.29, 1.82) is 0 Å². The van der Waals surface area contributed by atoms with E-state index in [4.69, 9.17) is 0 Å². The molecule has 1 N–H and O–H groups in total. The van der Waals surface area contributed by atoms with Crippen LogP contribution in [0.15, 0.2) is 24.3 Å². The molecule has 1 amide bonds. The van der Waals surface area contributed by atoms with Crippen molar-refractivity contribution < 1.29 is 14.4 Å². The fourth-order valence-electron chi connectivity index (χ4n) is 1.95. The van der Waals surface area contributed by atoms with Gasteiger partial charge in [0, 0.05) is 25.3 Å². The van der Waals surface area contributed by atoms with Crippen molar-refractivity contribution in [3.63, 3.8) is 0 Å². The normalized spacial score (nSPS) is 13.4. The Hall–Kier alpha value is -1.97. The van der Waals surface area contributed by atoms with Crippen LogP contribution in [0.1, 0.15) is 43.1 Å². The molecular weight excluding hydrogens is 242 g/mol. The Labute approximate surface area is 113 Å². The van der Waals surface area contributed by atoms with E-state index in [1.165, 1.54) is 6.92 Å². The molecule has 0 aliphatic rings. The number of carbonyl (C=O) groups excluding carboxylic acids is 3. The van der Waals surface area contributed by atoms with E-state index >= 15 is 0 Å². The second-order valence-corrected chi connectivity index (χ2v) is 4.87. The molecule has 0 heterocycles. The van der Waals surface area contributed by atoms with Crippen molar-refractivity contribution >= 4 is 18.0 Å². The number of rotatable bonds is 6. The minimum Gasteiger partial charge on any atom is -0.344 e. The molecule has 102 valence electrons. The van der Waals surface area contributed by atoms with Gasteiger partial charge in [-0.2, -0.15) is 0 Å². The maximum atomic E-state index is 11.5. The third-order valence-electron chi connectivity index (χ3n) is 2.89. The summed E-state index contributed by atoms with van der Waals surface area (Å²) < 4.78 is 0. The molecule has 0 aromatic heterocycles. The molecule has 0 spiro atoms. The highest BCUT2D eigenvalue weighted by atomic mass is 16.2. The van der Waals surface area contributed by atoms with Gasteiger partial charge in [0.1, 0.15) is 6.29 Å². The molecular formula is C15H19NO3. The second-order valence-electron chi connectivity index (χ2n) is 4.87. The zero-order valence-corrected chi connectivity index (χ0v) is 11.5. The Balaban J connectivity index is 2.84. The highest BCUT2D eigenvalue weighted by Crippen LogP contribution is 2.13. The van der Waals surface area contributed by atoms with E-state index in [1.807, 2.05) is 19.1 Å². The van der Waals surface area contributed by atoms with Gasteiger partial charge < -0.3 is 10.1 Å². The Morgan fingerprint density at radius 3 is 2.26 bits per heavy atom. The summed E-state index contributed by atoms with van der Waals surface area (Å²) >= 11 is 0. The fraction of sp³-hybridized carbons (Fsp3) is 0.400. The summed E-state index contributed by atoms with van der Waals surface area (Å²) in [4.78, 5) is 33.7. The van der Waals surface area contributed by atoms with Crippen LogP contribution in [0.2, 0.25) is 0 Å². The van der Waals surface area contributed by atoms with Crippen molar-refractivity contribution in [3.05, 3.63) is 35.4 Å². The van der Waals surface area contributed by atoms with E-state index < -0.39 is 5.54 Å². The Morgan fingerprint density at radius 1 is 1.26 bits per heavy atom. The first-order chi connectivity index (χ1) is 8.90. The van der Waals surface area contributed by atoms with E-state index in [9.17, 15) is 14.4 Å². The molecule has 1 aromatic rings. The molecule has 1 aromatic carbocycles. The zero-order chi connectivity index (χ0) is 14.5. The predicted molar refractivity (Wildman–Crippen MR) is 73.1 cm³/mol. The van der Waals surface area contributed by atoms with Gasteiger partial charge in [0.15, 0.2) is 5.78 Å². The first-order valence-electron chi connectivity index (χ1n) is 6.27. The van der Waals surface area contributed by atoms with E-state index in [-0.39, 0.29) is 11.7 Å². The summed E-state index contributed by atoms with van der Waals surface area (Å²) in [5, 5.41) is 2.63. The van der Waals surface area contributed by atoms with Crippen molar-refractivity contribution in [3.8, 4) is 0 Å². The average Bonchev–Trinajstić information content (AvgIpc) is 2.37. The van der Waals surface area contributed by atoms with Crippen LogP contribution in [0.25, 0.3) is 0 Å². The van der Waals surface area contributed by atoms with Crippen molar-refractivity contribution in [1.82, 2.24) is 5.32 Å². The van der Waals surface area contributed by atoms with Crippen LogP contribution in [0.3, 0.4) is 0 Å². The molecule has 0 saturated heterocycles. The standard InChI is InChI=1S/C15H19NO3/c1-4-14(19)13-7-5-12(6-8-13)9-15(3,10-17)16-11(2)18/h5-8,10H,4,9H2,1-3H3,(H,16,18). The third kappa shape index (κ3) is 4.32. The monoisotopic (exact) mass is 261 g/mol. The summed E-state index contributed by atoms with van der Waals surface area (Å²) in [6.07, 6.45) is 1.60. The highest BCUT2D eigenvalue weighted by Gasteiger charge is 2.24. The number of nitrogens with one attached hydrogen (secondary N) is 1. The Kier molecular flexibility index (Phi) is 4.98. The second kappa shape index (κ2) is 6.27. The largest absolute Gasteiger partial charge is 0.344 e. The lowest BCUT2D eigenvalue weighted by Gasteiger charge is -2.24. The number of benzene rings is 1. The summed E-state index contributed by atoms with van der Waals surface area (Å²) in [5.41, 5.74) is 0.650. The molecule has 19 heavy (non-hydrogen) atoms. The molecule has 0 bridgehead atoms. The summed E-state index contributed by atoms with van der Waals surface area (Å²) in [7, 11) is 0. The fourth-order valence-corrected chi connectivity index (χ4v) is 1.95. The van der Waals surface area contributed by atoms with Crippen molar-refractivity contribution in [2.24, 2.45) is 0 Å². The summed E-state index contributed by atoms with van der Waals surface area (Å²) in [6, 6.07) is 7.12. The first kappa shape index (κ1) is 15.1. The minimum atomic E-state index is -0.915. The number of hydrogen-bond donors (Lipinski definition) is 1. The maximum Gasteiger partial charge on any atom is 0.217 e. The lowest BCUT2D eigenvalue weighted by atomic mass is 9.93. The van der Waals surface area contributed by atoms with E-state index in [0.717, 1.165) is 11.8 Å². The number of Topliss-reactive ketones (excluding diaryl/α,β-unsaturated/α-hetero) is 1. The molecule has 1 atom stereocenters. The number of amides is 1. The lowest BCUT2D eigenvalue weighted by molar-refractivity contribution is -0.124. The zero-order valence-electron chi connectivity index (χ0n) is 11.5. The average molecular weight is 261 g/mol. The SMILES string of the molecule is CCC(=O)c1ccc(CC(C)(C=O)NC(C)=O)cc1. The van der Waals surface area contributed by atoms with Gasteiger partial charge in [-0.1, -0.05) is 31.2 Å². The summed E-state index contributed by atoms with van der Waals surface area (Å²) in [6.45, 7) is 4.87. The predicted octanol–water partition coefficient (Wildman–Crippen LogP) is 1.92. The van der Waals surface area contributed by atoms with Crippen LogP contribution >= 0.6 is 0 Å². The molecule has 4 nitrogen and oxygen atoms in total. The van der Waals surface area contributed by atoms with Crippen LogP contribution in [0.5, 0.6) is 0 Å². The van der Waals surface area contributed by atoms with E-state index in [0.29, 0.717) is 18.4 Å². The van der Waals surface area contributed by atoms with E-state index in [1.54, 1.807) is 19.1 Å². The number of carbonyl (C=O) groups is 3. The Bertz CT molecular complexity index is 479. The quantitative estimate of drug-likeness (QED) is 0.628. The highest BCUT2D eigenvalue weighted by molar-refractivity contribution is 5.95. The minimum absolute atomic E-state index is 0.0894. The van der Waals surface area contributed by atoms with Gasteiger partial charge in [-0.25, -0.2) is 0 Å². The Morgan fingerprint density at radius 2 is 1.84 bits per heavy atom. The molecule has 0 aliphatic carbocycles. The number of hydrogen-bond acceptors (Lipinski definition) is 3. The number of aldehydes is 1. The topological polar surface area (TPSA) is 63.2 Å². The van der Waals surface area contributed by atoms with Crippen LogP contribution in [0, 0.1) is 0 Å². The lowest BCUT2D eigenvalue weighted by Crippen LogP contribution is -2.48. The van der Waals surface area contributed by atoms with Crippen molar-refractivity contribution in [2.75, 3.05) is 0 Å². The van der Waals surface area contributed by atoms with Crippen LogP contribution in [0.4, 0.5) is 0 Å². The van der Waals surface area contributed by atoms with Crippen molar-refractivity contribution in [2.45, 2.75) is 39.2 Å². The van der Waals surface area contributed by atoms with Crippen LogP contribution in [-0.4, -0.2) is 23.5 Å². The third-order valence-corrected chi connectivity index (χ3v) is 2.89. The number of ketones is 1. The first-order valence-corrected chi connectivity index (χ1v) is 6.27. The van der Waals surface area contributed by atoms with Crippen LogP contribution < -0.4 is 5.32 Å². The molecule has 0 aliphatic heterocycles. The van der Waals surface area contributed by atoms with Gasteiger partial charge in [0.05, 0.1) is 5.54 Å². The van der Waals surface area contributed by atoms with Gasteiger partial charge in [-0.05, 0) is 12.5 Å². The molecule has 0 fully saturated rings. The van der Waals surface area contributed by atoms with Gasteiger partial charge in [0.25, 0.3) is 0 Å². The molecule has 0 radical (unpaired) electrons. The van der Waals surface area contributed by atoms with Crippen LogP contribution in [-0.2, 0) is 16.0 Å². The molecule has 1 rings (SSSR count).